The molecule has 0 atom stereocenters. The molecule has 2 N–H and O–H groups in total. The Morgan fingerprint density at radius 3 is 2.43 bits per heavy atom. The molecule has 0 aliphatic heterocycles. The van der Waals surface area contributed by atoms with Crippen molar-refractivity contribution in [2.75, 3.05) is 20.7 Å². The summed E-state index contributed by atoms with van der Waals surface area (Å²) in [5.74, 6) is 0.664. The fraction of sp³-hybridized carbons (Fsp3) is 0.529. The van der Waals surface area contributed by atoms with Crippen molar-refractivity contribution < 1.29 is 9.53 Å². The highest BCUT2D eigenvalue weighted by molar-refractivity contribution is 14.0. The summed E-state index contributed by atoms with van der Waals surface area (Å²) in [5.41, 5.74) is 2.49. The van der Waals surface area contributed by atoms with Gasteiger partial charge in [-0.25, -0.2) is 0 Å². The number of aliphatic imine (C=N–C) groups is 1. The molecular formula is C17H28IN3O2. The Balaban J connectivity index is 0.00000484. The molecular weight excluding hydrogens is 405 g/mol. The lowest BCUT2D eigenvalue weighted by Gasteiger charge is -2.12. The van der Waals surface area contributed by atoms with Crippen LogP contribution in [0.1, 0.15) is 36.8 Å². The molecule has 0 fully saturated rings. The number of hydrogen-bond acceptors (Lipinski definition) is 3. The molecule has 0 bridgehead atoms. The Morgan fingerprint density at radius 1 is 1.13 bits per heavy atom. The zero-order chi connectivity index (χ0) is 16.2. The number of nitrogens with zero attached hydrogens (tertiary/aromatic N) is 1. The van der Waals surface area contributed by atoms with Crippen molar-refractivity contribution in [1.29, 1.82) is 0 Å². The molecule has 1 aromatic carbocycles. The van der Waals surface area contributed by atoms with E-state index in [2.05, 4.69) is 51.6 Å². The highest BCUT2D eigenvalue weighted by Gasteiger charge is 2.00. The van der Waals surface area contributed by atoms with Gasteiger partial charge in [0, 0.05) is 26.6 Å². The first-order chi connectivity index (χ1) is 10.7. The van der Waals surface area contributed by atoms with Crippen LogP contribution in [0, 0.1) is 6.92 Å². The van der Waals surface area contributed by atoms with Crippen LogP contribution in [0.3, 0.4) is 0 Å². The van der Waals surface area contributed by atoms with Crippen LogP contribution in [0.5, 0.6) is 0 Å². The van der Waals surface area contributed by atoms with Gasteiger partial charge in [-0.1, -0.05) is 36.2 Å². The maximum atomic E-state index is 11.0. The van der Waals surface area contributed by atoms with Crippen LogP contribution in [-0.4, -0.2) is 32.6 Å². The first-order valence-electron chi connectivity index (χ1n) is 7.72. The van der Waals surface area contributed by atoms with E-state index >= 15 is 0 Å². The Bertz CT molecular complexity index is 475. The summed E-state index contributed by atoms with van der Waals surface area (Å²) in [6.45, 7) is 3.68. The number of methoxy groups -OCH3 is 1. The van der Waals surface area contributed by atoms with Gasteiger partial charge in [0.15, 0.2) is 5.96 Å². The van der Waals surface area contributed by atoms with E-state index in [4.69, 9.17) is 0 Å². The van der Waals surface area contributed by atoms with Crippen molar-refractivity contribution in [3.8, 4) is 0 Å². The van der Waals surface area contributed by atoms with E-state index in [0.29, 0.717) is 6.42 Å². The maximum absolute atomic E-state index is 11.0. The number of benzene rings is 1. The summed E-state index contributed by atoms with van der Waals surface area (Å²) >= 11 is 0. The number of ether oxygens (including phenoxy) is 1. The van der Waals surface area contributed by atoms with E-state index in [1.807, 2.05) is 0 Å². The minimum Gasteiger partial charge on any atom is -0.469 e. The number of esters is 1. The van der Waals surface area contributed by atoms with Crippen molar-refractivity contribution in [3.05, 3.63) is 35.4 Å². The van der Waals surface area contributed by atoms with Crippen LogP contribution < -0.4 is 10.6 Å². The van der Waals surface area contributed by atoms with Crippen LogP contribution in [0.2, 0.25) is 0 Å². The minimum absolute atomic E-state index is 0. The standard InChI is InChI=1S/C17H27N3O2.HI/c1-14-8-10-15(11-9-14)13-20-17(18-2)19-12-6-4-5-7-16(21)22-3;/h8-11H,4-7,12-13H2,1-3H3,(H2,18,19,20);1H. The zero-order valence-electron chi connectivity index (χ0n) is 14.2. The second-order valence-electron chi connectivity index (χ2n) is 5.22. The number of guanidine groups is 1. The van der Waals surface area contributed by atoms with Crippen molar-refractivity contribution in [2.24, 2.45) is 4.99 Å². The highest BCUT2D eigenvalue weighted by atomic mass is 127. The Kier molecular flexibility index (Phi) is 12.4. The van der Waals surface area contributed by atoms with E-state index in [1.165, 1.54) is 18.2 Å². The van der Waals surface area contributed by atoms with Crippen molar-refractivity contribution in [2.45, 2.75) is 39.2 Å². The predicted molar refractivity (Wildman–Crippen MR) is 105 cm³/mol. The van der Waals surface area contributed by atoms with E-state index in [-0.39, 0.29) is 29.9 Å². The molecule has 0 saturated heterocycles. The van der Waals surface area contributed by atoms with Gasteiger partial charge in [0.2, 0.25) is 0 Å². The monoisotopic (exact) mass is 433 g/mol. The van der Waals surface area contributed by atoms with Gasteiger partial charge in [0.1, 0.15) is 0 Å². The van der Waals surface area contributed by atoms with Gasteiger partial charge in [-0.3, -0.25) is 9.79 Å². The summed E-state index contributed by atoms with van der Waals surface area (Å²) in [4.78, 5) is 15.2. The maximum Gasteiger partial charge on any atom is 0.305 e. The van der Waals surface area contributed by atoms with Crippen LogP contribution >= 0.6 is 24.0 Å². The van der Waals surface area contributed by atoms with Gasteiger partial charge in [0.05, 0.1) is 7.11 Å². The number of carbonyl (C=O) groups is 1. The zero-order valence-corrected chi connectivity index (χ0v) is 16.6. The molecule has 1 rings (SSSR count). The van der Waals surface area contributed by atoms with Crippen LogP contribution in [0.15, 0.2) is 29.3 Å². The molecule has 6 heteroatoms. The lowest BCUT2D eigenvalue weighted by molar-refractivity contribution is -0.140. The van der Waals surface area contributed by atoms with E-state index in [9.17, 15) is 4.79 Å². The van der Waals surface area contributed by atoms with Crippen LogP contribution in [0.4, 0.5) is 0 Å². The largest absolute Gasteiger partial charge is 0.469 e. The number of carbonyl (C=O) groups excluding carboxylic acids is 1. The summed E-state index contributed by atoms with van der Waals surface area (Å²) in [7, 11) is 3.19. The van der Waals surface area contributed by atoms with Gasteiger partial charge >= 0.3 is 5.97 Å². The summed E-state index contributed by atoms with van der Waals surface area (Å²) in [6.07, 6.45) is 3.36. The number of halogens is 1. The molecule has 23 heavy (non-hydrogen) atoms. The lowest BCUT2D eigenvalue weighted by Crippen LogP contribution is -2.37. The van der Waals surface area contributed by atoms with Crippen molar-refractivity contribution in [1.82, 2.24) is 10.6 Å². The minimum atomic E-state index is -0.136. The average Bonchev–Trinajstić information content (AvgIpc) is 2.54. The van der Waals surface area contributed by atoms with Gasteiger partial charge in [-0.05, 0) is 25.3 Å². The number of rotatable bonds is 8. The molecule has 0 aliphatic rings. The Morgan fingerprint density at radius 2 is 1.83 bits per heavy atom. The van der Waals surface area contributed by atoms with E-state index < -0.39 is 0 Å². The average molecular weight is 433 g/mol. The molecule has 5 nitrogen and oxygen atoms in total. The van der Waals surface area contributed by atoms with E-state index in [0.717, 1.165) is 38.3 Å². The van der Waals surface area contributed by atoms with Gasteiger partial charge < -0.3 is 15.4 Å². The third kappa shape index (κ3) is 10.1. The quantitative estimate of drug-likeness (QED) is 0.218. The molecule has 0 heterocycles. The molecule has 0 saturated carbocycles. The molecule has 0 aromatic heterocycles. The fourth-order valence-electron chi connectivity index (χ4n) is 1.99. The predicted octanol–water partition coefficient (Wildman–Crippen LogP) is 3.01. The third-order valence-corrected chi connectivity index (χ3v) is 3.38. The normalized spacial score (nSPS) is 10.7. The van der Waals surface area contributed by atoms with Crippen molar-refractivity contribution >= 4 is 35.9 Å². The molecule has 0 unspecified atom stereocenters. The number of hydrogen-bond donors (Lipinski definition) is 2. The third-order valence-electron chi connectivity index (χ3n) is 3.38. The van der Waals surface area contributed by atoms with Crippen molar-refractivity contribution in [3.63, 3.8) is 0 Å². The molecule has 0 radical (unpaired) electrons. The number of unbranched alkanes of at least 4 members (excludes halogenated alkanes) is 2. The smallest absolute Gasteiger partial charge is 0.305 e. The number of nitrogens with one attached hydrogen (secondary N) is 2. The summed E-state index contributed by atoms with van der Waals surface area (Å²) in [5, 5.41) is 6.56. The van der Waals surface area contributed by atoms with Gasteiger partial charge in [-0.2, -0.15) is 0 Å². The van der Waals surface area contributed by atoms with Crippen LogP contribution in [-0.2, 0) is 16.1 Å². The topological polar surface area (TPSA) is 62.7 Å². The Labute approximate surface area is 156 Å². The SMILES string of the molecule is CN=C(NCCCCCC(=O)OC)NCc1ccc(C)cc1.I. The molecule has 1 aromatic rings. The first kappa shape index (κ1) is 21.7. The molecule has 0 amide bonds. The van der Waals surface area contributed by atoms with Crippen LogP contribution in [0.25, 0.3) is 0 Å². The molecule has 0 aliphatic carbocycles. The fourth-order valence-corrected chi connectivity index (χ4v) is 1.99. The first-order valence-corrected chi connectivity index (χ1v) is 7.72. The van der Waals surface area contributed by atoms with E-state index in [1.54, 1.807) is 7.05 Å². The molecule has 130 valence electrons. The van der Waals surface area contributed by atoms with Gasteiger partial charge in [0.25, 0.3) is 0 Å². The number of aryl methyl sites for hydroxylation is 1. The Hall–Kier alpha value is -1.31. The van der Waals surface area contributed by atoms with Gasteiger partial charge in [-0.15, -0.1) is 24.0 Å². The summed E-state index contributed by atoms with van der Waals surface area (Å²) in [6, 6.07) is 8.44. The molecule has 0 spiro atoms. The lowest BCUT2D eigenvalue weighted by atomic mass is 10.1. The highest BCUT2D eigenvalue weighted by Crippen LogP contribution is 2.02. The second kappa shape index (κ2) is 13.2. The summed E-state index contributed by atoms with van der Waals surface area (Å²) < 4.78 is 4.61. The second-order valence-corrected chi connectivity index (χ2v) is 5.22.